The van der Waals surface area contributed by atoms with Crippen LogP contribution in [0.15, 0.2) is 48.2 Å². The number of ketones is 1. The van der Waals surface area contributed by atoms with E-state index in [4.69, 9.17) is 4.74 Å². The number of imidazole rings is 1. The van der Waals surface area contributed by atoms with Gasteiger partial charge in [-0.1, -0.05) is 49.3 Å². The Morgan fingerprint density at radius 1 is 1.08 bits per heavy atom. The third-order valence-corrected chi connectivity index (χ3v) is 7.52. The molecule has 1 saturated heterocycles. The van der Waals surface area contributed by atoms with E-state index in [1.54, 1.807) is 19.1 Å². The Bertz CT molecular complexity index is 1550. The minimum absolute atomic E-state index is 0.0383. The summed E-state index contributed by atoms with van der Waals surface area (Å²) in [4.78, 5) is 32.7. The summed E-state index contributed by atoms with van der Waals surface area (Å²) < 4.78 is 7.70. The van der Waals surface area contributed by atoms with Gasteiger partial charge >= 0.3 is 5.91 Å². The van der Waals surface area contributed by atoms with Gasteiger partial charge in [0.2, 0.25) is 5.13 Å². The van der Waals surface area contributed by atoms with E-state index in [0.29, 0.717) is 34.3 Å². The van der Waals surface area contributed by atoms with Crippen LogP contribution in [0, 0.1) is 20.8 Å². The monoisotopic (exact) mass is 531 g/mol. The highest BCUT2D eigenvalue weighted by molar-refractivity contribution is 7.15. The Morgan fingerprint density at radius 2 is 1.84 bits per heavy atom. The van der Waals surface area contributed by atoms with E-state index < -0.39 is 17.7 Å². The number of Topliss-reactive ketones (excluding diaryl/α,β-unsaturated/α-hetero) is 1. The van der Waals surface area contributed by atoms with Gasteiger partial charge < -0.3 is 14.2 Å². The van der Waals surface area contributed by atoms with Crippen molar-refractivity contribution in [2.45, 2.75) is 53.0 Å². The summed E-state index contributed by atoms with van der Waals surface area (Å²) in [6, 6.07) is 10.2. The lowest BCUT2D eigenvalue weighted by atomic mass is 9.96. The third-order valence-electron chi connectivity index (χ3n) is 6.69. The van der Waals surface area contributed by atoms with Crippen LogP contribution in [0.2, 0.25) is 0 Å². The molecular formula is C28H29N5O4S. The molecule has 0 aliphatic carbocycles. The number of rotatable bonds is 8. The standard InChI is InChI=1S/C28H29N5O4S/c1-5-6-7-15-37-20-12-10-19(11-13-20)23-21(25(35)27(36)33(23)28-31-30-18(4)38-28)24(34)22-17(3)32-14-8-9-16(2)26(32)29-22/h8-14,23,34H,5-7,15H2,1-4H3/b24-21+. The Morgan fingerprint density at radius 3 is 2.50 bits per heavy atom. The zero-order chi connectivity index (χ0) is 27.0. The molecule has 0 spiro atoms. The SMILES string of the molecule is CCCCCOc1ccc(C2/C(=C(\O)c3nc4c(C)cccn4c3C)C(=O)C(=O)N2c2nnc(C)s2)cc1. The number of nitrogens with zero attached hydrogens (tertiary/aromatic N) is 5. The Balaban J connectivity index is 1.62. The minimum Gasteiger partial charge on any atom is -0.505 e. The molecule has 10 heteroatoms. The second kappa shape index (κ2) is 10.4. The molecule has 1 unspecified atom stereocenters. The van der Waals surface area contributed by atoms with E-state index in [2.05, 4.69) is 22.1 Å². The van der Waals surface area contributed by atoms with Gasteiger partial charge in [-0.2, -0.15) is 0 Å². The number of pyridine rings is 1. The molecule has 1 aromatic carbocycles. The molecule has 38 heavy (non-hydrogen) atoms. The molecule has 0 radical (unpaired) electrons. The number of benzene rings is 1. The van der Waals surface area contributed by atoms with Gasteiger partial charge in [-0.05, 0) is 56.5 Å². The van der Waals surface area contributed by atoms with Crippen molar-refractivity contribution in [3.63, 3.8) is 0 Å². The van der Waals surface area contributed by atoms with Gasteiger partial charge in [-0.15, -0.1) is 10.2 Å². The van der Waals surface area contributed by atoms with Crippen LogP contribution in [-0.2, 0) is 9.59 Å². The van der Waals surface area contributed by atoms with Gasteiger partial charge in [-0.25, -0.2) is 4.98 Å². The molecule has 5 rings (SSSR count). The zero-order valence-electron chi connectivity index (χ0n) is 21.8. The van der Waals surface area contributed by atoms with E-state index in [9.17, 15) is 14.7 Å². The van der Waals surface area contributed by atoms with Gasteiger partial charge in [0.1, 0.15) is 22.1 Å². The highest BCUT2D eigenvalue weighted by atomic mass is 32.1. The number of ether oxygens (including phenoxy) is 1. The first-order valence-corrected chi connectivity index (χ1v) is 13.4. The molecule has 1 N–H and O–H groups in total. The molecule has 1 amide bonds. The molecule has 0 saturated carbocycles. The van der Waals surface area contributed by atoms with E-state index in [-0.39, 0.29) is 22.2 Å². The molecule has 196 valence electrons. The fourth-order valence-electron chi connectivity index (χ4n) is 4.69. The number of aryl methyl sites for hydroxylation is 3. The Kier molecular flexibility index (Phi) is 6.98. The number of hydrogen-bond donors (Lipinski definition) is 1. The number of hydrogen-bond acceptors (Lipinski definition) is 8. The van der Waals surface area contributed by atoms with Crippen molar-refractivity contribution in [1.82, 2.24) is 19.6 Å². The summed E-state index contributed by atoms with van der Waals surface area (Å²) in [6.45, 7) is 8.27. The molecule has 4 heterocycles. The number of aromatic nitrogens is 4. The summed E-state index contributed by atoms with van der Waals surface area (Å²) in [5, 5.41) is 20.7. The van der Waals surface area contributed by atoms with Crippen LogP contribution < -0.4 is 9.64 Å². The number of aliphatic hydroxyl groups excluding tert-OH is 1. The van der Waals surface area contributed by atoms with Crippen LogP contribution in [0.3, 0.4) is 0 Å². The molecule has 4 aromatic rings. The average Bonchev–Trinajstić information content (AvgIpc) is 3.57. The average molecular weight is 532 g/mol. The first kappa shape index (κ1) is 25.6. The van der Waals surface area contributed by atoms with Crippen LogP contribution in [0.1, 0.15) is 59.8 Å². The first-order chi connectivity index (χ1) is 18.3. The van der Waals surface area contributed by atoms with E-state index >= 15 is 0 Å². The number of aliphatic hydroxyl groups is 1. The Labute approximate surface area is 224 Å². The predicted molar refractivity (Wildman–Crippen MR) is 146 cm³/mol. The molecule has 1 atom stereocenters. The predicted octanol–water partition coefficient (Wildman–Crippen LogP) is 5.31. The van der Waals surface area contributed by atoms with Crippen molar-refractivity contribution in [1.29, 1.82) is 0 Å². The molecule has 1 fully saturated rings. The van der Waals surface area contributed by atoms with Gasteiger partial charge in [0.05, 0.1) is 23.9 Å². The molecule has 3 aromatic heterocycles. The number of anilines is 1. The second-order valence-electron chi connectivity index (χ2n) is 9.33. The maximum atomic E-state index is 13.4. The third kappa shape index (κ3) is 4.45. The van der Waals surface area contributed by atoms with Crippen LogP contribution in [-0.4, -0.2) is 43.0 Å². The topological polar surface area (TPSA) is 110 Å². The summed E-state index contributed by atoms with van der Waals surface area (Å²) in [7, 11) is 0. The fourth-order valence-corrected chi connectivity index (χ4v) is 5.41. The molecule has 1 aliphatic heterocycles. The van der Waals surface area contributed by atoms with Gasteiger partial charge in [-0.3, -0.25) is 14.5 Å². The minimum atomic E-state index is -0.901. The molecule has 1 aliphatic rings. The van der Waals surface area contributed by atoms with Crippen LogP contribution in [0.25, 0.3) is 11.4 Å². The maximum Gasteiger partial charge on any atom is 0.301 e. The Hall–Kier alpha value is -4.05. The summed E-state index contributed by atoms with van der Waals surface area (Å²) in [5.41, 5.74) is 3.10. The number of carbonyl (C=O) groups excluding carboxylic acids is 2. The molecular weight excluding hydrogens is 502 g/mol. The lowest BCUT2D eigenvalue weighted by Crippen LogP contribution is -2.29. The van der Waals surface area contributed by atoms with Crippen LogP contribution in [0.4, 0.5) is 5.13 Å². The maximum absolute atomic E-state index is 13.4. The summed E-state index contributed by atoms with van der Waals surface area (Å²) in [5.74, 6) is -1.20. The van der Waals surface area contributed by atoms with Gasteiger partial charge in [0.25, 0.3) is 5.78 Å². The van der Waals surface area contributed by atoms with Gasteiger partial charge in [0, 0.05) is 6.20 Å². The zero-order valence-corrected chi connectivity index (χ0v) is 22.6. The smallest absolute Gasteiger partial charge is 0.301 e. The lowest BCUT2D eigenvalue weighted by molar-refractivity contribution is -0.132. The first-order valence-electron chi connectivity index (χ1n) is 12.6. The highest BCUT2D eigenvalue weighted by Gasteiger charge is 2.48. The highest BCUT2D eigenvalue weighted by Crippen LogP contribution is 2.43. The van der Waals surface area contributed by atoms with Crippen LogP contribution in [0.5, 0.6) is 5.75 Å². The van der Waals surface area contributed by atoms with Crippen molar-refractivity contribution in [3.05, 3.63) is 75.7 Å². The molecule has 9 nitrogen and oxygen atoms in total. The molecule has 0 bridgehead atoms. The van der Waals surface area contributed by atoms with E-state index in [0.717, 1.165) is 24.8 Å². The van der Waals surface area contributed by atoms with Crippen LogP contribution >= 0.6 is 11.3 Å². The lowest BCUT2D eigenvalue weighted by Gasteiger charge is -2.22. The van der Waals surface area contributed by atoms with E-state index in [1.807, 2.05) is 48.7 Å². The normalized spacial score (nSPS) is 17.1. The van der Waals surface area contributed by atoms with Crippen molar-refractivity contribution >= 4 is 39.6 Å². The largest absolute Gasteiger partial charge is 0.505 e. The van der Waals surface area contributed by atoms with Crippen molar-refractivity contribution in [2.75, 3.05) is 11.5 Å². The van der Waals surface area contributed by atoms with E-state index in [1.165, 1.54) is 16.2 Å². The quantitative estimate of drug-likeness (QED) is 0.142. The van der Waals surface area contributed by atoms with Crippen molar-refractivity contribution < 1.29 is 19.4 Å². The number of fused-ring (bicyclic) bond motifs is 1. The summed E-state index contributed by atoms with van der Waals surface area (Å²) in [6.07, 6.45) is 5.01. The number of amides is 1. The van der Waals surface area contributed by atoms with Gasteiger partial charge in [0.15, 0.2) is 5.76 Å². The number of unbranched alkanes of at least 4 members (excludes halogenated alkanes) is 2. The fraction of sp³-hybridized carbons (Fsp3) is 0.321. The van der Waals surface area contributed by atoms with Crippen molar-refractivity contribution in [2.24, 2.45) is 0 Å². The van der Waals surface area contributed by atoms with Crippen molar-refractivity contribution in [3.8, 4) is 5.75 Å². The second-order valence-corrected chi connectivity index (χ2v) is 10.5. The number of carbonyl (C=O) groups is 2. The summed E-state index contributed by atoms with van der Waals surface area (Å²) >= 11 is 1.21.